The highest BCUT2D eigenvalue weighted by Gasteiger charge is 2.15. The van der Waals surface area contributed by atoms with Crippen molar-refractivity contribution < 1.29 is 0 Å². The molecule has 0 saturated heterocycles. The summed E-state index contributed by atoms with van der Waals surface area (Å²) in [5, 5.41) is 4.57. The minimum Gasteiger partial charge on any atom is -0.308 e. The molecule has 0 unspecified atom stereocenters. The van der Waals surface area contributed by atoms with E-state index in [1.165, 1.54) is 16.6 Å². The van der Waals surface area contributed by atoms with Crippen molar-refractivity contribution in [3.63, 3.8) is 0 Å². The number of aryl methyl sites for hydroxylation is 2. The molecular formula is C14H27BrN4. The SMILES string of the molecule is CCCN(CCN(C)C)Cc1c(Br)c(C)nn1CC. The fourth-order valence-corrected chi connectivity index (χ4v) is 2.57. The quantitative estimate of drug-likeness (QED) is 0.732. The van der Waals surface area contributed by atoms with Gasteiger partial charge in [-0.3, -0.25) is 9.58 Å². The molecule has 4 nitrogen and oxygen atoms in total. The second-order valence-electron chi connectivity index (χ2n) is 5.24. The Morgan fingerprint density at radius 1 is 1.16 bits per heavy atom. The standard InChI is InChI=1S/C14H27BrN4/c1-6-8-18(10-9-17(4)5)11-13-14(15)12(3)16-19(13)7-2/h6-11H2,1-5H3. The fraction of sp³-hybridized carbons (Fsp3) is 0.786. The molecule has 110 valence electrons. The molecule has 19 heavy (non-hydrogen) atoms. The smallest absolute Gasteiger partial charge is 0.0739 e. The van der Waals surface area contributed by atoms with Crippen LogP contribution >= 0.6 is 15.9 Å². The highest BCUT2D eigenvalue weighted by atomic mass is 79.9. The lowest BCUT2D eigenvalue weighted by atomic mass is 10.3. The lowest BCUT2D eigenvalue weighted by Gasteiger charge is -2.24. The Balaban J connectivity index is 2.77. The van der Waals surface area contributed by atoms with Crippen LogP contribution in [-0.4, -0.2) is 53.3 Å². The van der Waals surface area contributed by atoms with Crippen LogP contribution in [-0.2, 0) is 13.1 Å². The summed E-state index contributed by atoms with van der Waals surface area (Å²) >= 11 is 3.68. The van der Waals surface area contributed by atoms with Gasteiger partial charge in [-0.25, -0.2) is 0 Å². The Morgan fingerprint density at radius 2 is 1.84 bits per heavy atom. The molecule has 0 aromatic carbocycles. The van der Waals surface area contributed by atoms with E-state index in [2.05, 4.69) is 70.4 Å². The molecular weight excluding hydrogens is 304 g/mol. The van der Waals surface area contributed by atoms with E-state index in [0.717, 1.165) is 38.4 Å². The summed E-state index contributed by atoms with van der Waals surface area (Å²) in [5.41, 5.74) is 2.38. The predicted molar refractivity (Wildman–Crippen MR) is 84.5 cm³/mol. The zero-order valence-corrected chi connectivity index (χ0v) is 14.5. The minimum absolute atomic E-state index is 0.926. The summed E-state index contributed by atoms with van der Waals surface area (Å²) in [6.45, 7) is 11.7. The van der Waals surface area contributed by atoms with Crippen molar-refractivity contribution in [2.45, 2.75) is 40.3 Å². The Kier molecular flexibility index (Phi) is 7.04. The van der Waals surface area contributed by atoms with E-state index >= 15 is 0 Å². The van der Waals surface area contributed by atoms with Gasteiger partial charge in [0.05, 0.1) is 15.9 Å². The molecule has 0 fully saturated rings. The number of rotatable bonds is 8. The lowest BCUT2D eigenvalue weighted by molar-refractivity contribution is 0.228. The Bertz CT molecular complexity index is 387. The van der Waals surface area contributed by atoms with E-state index in [4.69, 9.17) is 0 Å². The van der Waals surface area contributed by atoms with Crippen molar-refractivity contribution in [2.24, 2.45) is 0 Å². The van der Waals surface area contributed by atoms with Gasteiger partial charge in [0.15, 0.2) is 0 Å². The molecule has 0 atom stereocenters. The molecule has 1 aromatic heterocycles. The lowest BCUT2D eigenvalue weighted by Crippen LogP contribution is -2.32. The Morgan fingerprint density at radius 3 is 2.37 bits per heavy atom. The van der Waals surface area contributed by atoms with Crippen LogP contribution in [0.15, 0.2) is 4.47 Å². The molecule has 0 spiro atoms. The second-order valence-corrected chi connectivity index (χ2v) is 6.03. The molecule has 0 radical (unpaired) electrons. The van der Waals surface area contributed by atoms with Crippen molar-refractivity contribution >= 4 is 15.9 Å². The van der Waals surface area contributed by atoms with Crippen LogP contribution in [0.25, 0.3) is 0 Å². The van der Waals surface area contributed by atoms with Crippen LogP contribution in [0, 0.1) is 6.92 Å². The molecule has 1 aromatic rings. The van der Waals surface area contributed by atoms with Crippen molar-refractivity contribution in [3.05, 3.63) is 15.9 Å². The maximum Gasteiger partial charge on any atom is 0.0739 e. The van der Waals surface area contributed by atoms with Gasteiger partial charge in [-0.2, -0.15) is 5.10 Å². The van der Waals surface area contributed by atoms with E-state index in [1.54, 1.807) is 0 Å². The maximum atomic E-state index is 4.57. The third kappa shape index (κ3) is 4.89. The first-order chi connectivity index (χ1) is 8.99. The Labute approximate surface area is 125 Å². The van der Waals surface area contributed by atoms with E-state index in [9.17, 15) is 0 Å². The topological polar surface area (TPSA) is 24.3 Å². The maximum absolute atomic E-state index is 4.57. The highest BCUT2D eigenvalue weighted by Crippen LogP contribution is 2.22. The second kappa shape index (κ2) is 8.02. The molecule has 5 heteroatoms. The molecule has 0 saturated carbocycles. The highest BCUT2D eigenvalue weighted by molar-refractivity contribution is 9.10. The first-order valence-electron chi connectivity index (χ1n) is 7.08. The zero-order chi connectivity index (χ0) is 14.4. The summed E-state index contributed by atoms with van der Waals surface area (Å²) < 4.78 is 3.28. The van der Waals surface area contributed by atoms with Crippen LogP contribution in [0.2, 0.25) is 0 Å². The summed E-state index contributed by atoms with van der Waals surface area (Å²) in [4.78, 5) is 4.74. The summed E-state index contributed by atoms with van der Waals surface area (Å²) in [6, 6.07) is 0. The van der Waals surface area contributed by atoms with Gasteiger partial charge in [-0.15, -0.1) is 0 Å². The zero-order valence-electron chi connectivity index (χ0n) is 12.9. The van der Waals surface area contributed by atoms with Gasteiger partial charge in [0.2, 0.25) is 0 Å². The molecule has 0 amide bonds. The first kappa shape index (κ1) is 16.7. The van der Waals surface area contributed by atoms with Crippen LogP contribution in [0.3, 0.4) is 0 Å². The number of likely N-dealkylation sites (N-methyl/N-ethyl adjacent to an activating group) is 1. The normalized spacial score (nSPS) is 11.8. The van der Waals surface area contributed by atoms with Crippen molar-refractivity contribution in [2.75, 3.05) is 33.7 Å². The van der Waals surface area contributed by atoms with Crippen molar-refractivity contribution in [1.82, 2.24) is 19.6 Å². The van der Waals surface area contributed by atoms with E-state index in [1.807, 2.05) is 0 Å². The van der Waals surface area contributed by atoms with Crippen LogP contribution in [0.1, 0.15) is 31.7 Å². The van der Waals surface area contributed by atoms with Gasteiger partial charge in [0, 0.05) is 26.2 Å². The van der Waals surface area contributed by atoms with E-state index in [-0.39, 0.29) is 0 Å². The van der Waals surface area contributed by atoms with Gasteiger partial charge in [-0.05, 0) is 56.8 Å². The molecule has 0 bridgehead atoms. The largest absolute Gasteiger partial charge is 0.308 e. The van der Waals surface area contributed by atoms with Gasteiger partial charge < -0.3 is 4.90 Å². The number of hydrogen-bond acceptors (Lipinski definition) is 3. The number of hydrogen-bond donors (Lipinski definition) is 0. The average Bonchev–Trinajstić information content (AvgIpc) is 2.63. The molecule has 0 N–H and O–H groups in total. The molecule has 0 aliphatic carbocycles. The van der Waals surface area contributed by atoms with Crippen LogP contribution in [0.5, 0.6) is 0 Å². The molecule has 1 heterocycles. The van der Waals surface area contributed by atoms with Gasteiger partial charge in [0.25, 0.3) is 0 Å². The third-order valence-corrected chi connectivity index (χ3v) is 4.26. The molecule has 0 aliphatic rings. The van der Waals surface area contributed by atoms with Gasteiger partial charge >= 0.3 is 0 Å². The summed E-state index contributed by atoms with van der Waals surface area (Å²) in [7, 11) is 4.25. The summed E-state index contributed by atoms with van der Waals surface area (Å²) in [6.07, 6.45) is 1.18. The van der Waals surface area contributed by atoms with E-state index < -0.39 is 0 Å². The van der Waals surface area contributed by atoms with Crippen LogP contribution in [0.4, 0.5) is 0 Å². The average molecular weight is 331 g/mol. The van der Waals surface area contributed by atoms with Crippen molar-refractivity contribution in [3.8, 4) is 0 Å². The Hall–Kier alpha value is -0.390. The first-order valence-corrected chi connectivity index (χ1v) is 7.87. The molecule has 0 aliphatic heterocycles. The van der Waals surface area contributed by atoms with E-state index in [0.29, 0.717) is 0 Å². The molecule has 1 rings (SSSR count). The van der Waals surface area contributed by atoms with Gasteiger partial charge in [-0.1, -0.05) is 6.92 Å². The monoisotopic (exact) mass is 330 g/mol. The number of aromatic nitrogens is 2. The third-order valence-electron chi connectivity index (χ3n) is 3.23. The number of nitrogens with zero attached hydrogens (tertiary/aromatic N) is 4. The summed E-state index contributed by atoms with van der Waals surface area (Å²) in [5.74, 6) is 0. The van der Waals surface area contributed by atoms with Crippen molar-refractivity contribution in [1.29, 1.82) is 0 Å². The predicted octanol–water partition coefficient (Wildman–Crippen LogP) is 2.75. The fourth-order valence-electron chi connectivity index (χ4n) is 2.16. The van der Waals surface area contributed by atoms with Crippen LogP contribution < -0.4 is 0 Å². The number of halogens is 1. The minimum atomic E-state index is 0.926. The van der Waals surface area contributed by atoms with Gasteiger partial charge in [0.1, 0.15) is 0 Å².